The monoisotopic (exact) mass is 311 g/mol. The van der Waals surface area contributed by atoms with Crippen LogP contribution >= 0.6 is 0 Å². The maximum atomic E-state index is 13.1. The fourth-order valence-corrected chi connectivity index (χ4v) is 2.51. The van der Waals surface area contributed by atoms with Crippen molar-refractivity contribution >= 4 is 5.95 Å². The van der Waals surface area contributed by atoms with E-state index in [0.717, 1.165) is 32.1 Å². The van der Waals surface area contributed by atoms with Crippen LogP contribution in [0.2, 0.25) is 0 Å². The maximum Gasteiger partial charge on any atom is 0.419 e. The van der Waals surface area contributed by atoms with E-state index in [1.54, 1.807) is 12.3 Å². The van der Waals surface area contributed by atoms with Crippen LogP contribution in [0.1, 0.15) is 18.4 Å². The molecular weight excluding hydrogens is 295 g/mol. The second kappa shape index (κ2) is 5.96. The van der Waals surface area contributed by atoms with E-state index < -0.39 is 11.7 Å². The molecule has 5 nitrogen and oxygen atoms in total. The van der Waals surface area contributed by atoms with Gasteiger partial charge in [0, 0.05) is 36.7 Å². The molecule has 1 aliphatic heterocycles. The van der Waals surface area contributed by atoms with Gasteiger partial charge in [-0.2, -0.15) is 13.2 Å². The van der Waals surface area contributed by atoms with Gasteiger partial charge in [0.25, 0.3) is 0 Å². The number of hydrogen-bond acceptors (Lipinski definition) is 4. The van der Waals surface area contributed by atoms with Crippen molar-refractivity contribution < 1.29 is 13.2 Å². The summed E-state index contributed by atoms with van der Waals surface area (Å²) in [6.07, 6.45) is 1.37. The number of aromatic nitrogens is 3. The Bertz CT molecular complexity index is 618. The van der Waals surface area contributed by atoms with Crippen molar-refractivity contribution in [2.24, 2.45) is 0 Å². The van der Waals surface area contributed by atoms with Crippen molar-refractivity contribution in [1.29, 1.82) is 0 Å². The molecule has 1 unspecified atom stereocenters. The first-order valence-electron chi connectivity index (χ1n) is 7.08. The van der Waals surface area contributed by atoms with Gasteiger partial charge in [0.05, 0.1) is 5.69 Å². The first-order chi connectivity index (χ1) is 10.5. The van der Waals surface area contributed by atoms with E-state index in [1.807, 2.05) is 0 Å². The topological polar surface area (TPSA) is 65.6 Å². The lowest BCUT2D eigenvalue weighted by Crippen LogP contribution is -2.38. The molecule has 8 heteroatoms. The SMILES string of the molecule is FC(F)(F)c1cnc(NC2CCCNC2)nc1-c1cc[nH]c1. The molecule has 0 aliphatic carbocycles. The molecule has 2 aromatic rings. The predicted molar refractivity (Wildman–Crippen MR) is 76.3 cm³/mol. The average Bonchev–Trinajstić information content (AvgIpc) is 3.01. The highest BCUT2D eigenvalue weighted by Crippen LogP contribution is 2.35. The molecule has 1 aliphatic rings. The minimum atomic E-state index is -4.49. The molecule has 0 aromatic carbocycles. The Hall–Kier alpha value is -2.09. The number of aromatic amines is 1. The van der Waals surface area contributed by atoms with Crippen molar-refractivity contribution in [2.45, 2.75) is 25.1 Å². The highest BCUT2D eigenvalue weighted by molar-refractivity contribution is 5.64. The van der Waals surface area contributed by atoms with E-state index in [2.05, 4.69) is 25.6 Å². The van der Waals surface area contributed by atoms with E-state index in [9.17, 15) is 13.2 Å². The number of hydrogen-bond donors (Lipinski definition) is 3. The van der Waals surface area contributed by atoms with Crippen LogP contribution in [0.25, 0.3) is 11.3 Å². The second-order valence-electron chi connectivity index (χ2n) is 5.24. The molecule has 0 radical (unpaired) electrons. The first-order valence-corrected chi connectivity index (χ1v) is 7.08. The summed E-state index contributed by atoms with van der Waals surface area (Å²) < 4.78 is 39.3. The van der Waals surface area contributed by atoms with Gasteiger partial charge in [0.1, 0.15) is 5.56 Å². The molecule has 1 fully saturated rings. The Morgan fingerprint density at radius 1 is 1.32 bits per heavy atom. The van der Waals surface area contributed by atoms with Crippen LogP contribution in [0, 0.1) is 0 Å². The number of alkyl halides is 3. The van der Waals surface area contributed by atoms with Crippen LogP contribution in [0.3, 0.4) is 0 Å². The fraction of sp³-hybridized carbons (Fsp3) is 0.429. The molecule has 22 heavy (non-hydrogen) atoms. The molecular formula is C14H16F3N5. The predicted octanol–water partition coefficient (Wildman–Crippen LogP) is 2.65. The fourth-order valence-electron chi connectivity index (χ4n) is 2.51. The summed E-state index contributed by atoms with van der Waals surface area (Å²) in [6, 6.07) is 1.69. The molecule has 0 saturated carbocycles. The van der Waals surface area contributed by atoms with Crippen LogP contribution in [-0.2, 0) is 6.18 Å². The zero-order valence-electron chi connectivity index (χ0n) is 11.7. The third-order valence-electron chi connectivity index (χ3n) is 3.60. The Labute approximate surface area is 125 Å². The van der Waals surface area contributed by atoms with Crippen LogP contribution < -0.4 is 10.6 Å². The molecule has 0 amide bonds. The van der Waals surface area contributed by atoms with E-state index in [4.69, 9.17) is 0 Å². The van der Waals surface area contributed by atoms with E-state index in [1.165, 1.54) is 6.20 Å². The van der Waals surface area contributed by atoms with Gasteiger partial charge in [0.2, 0.25) is 5.95 Å². The van der Waals surface area contributed by atoms with Crippen LogP contribution in [-0.4, -0.2) is 34.1 Å². The van der Waals surface area contributed by atoms with Gasteiger partial charge in [-0.05, 0) is 25.5 Å². The van der Waals surface area contributed by atoms with E-state index in [0.29, 0.717) is 5.56 Å². The lowest BCUT2D eigenvalue weighted by atomic mass is 10.1. The summed E-state index contributed by atoms with van der Waals surface area (Å²) in [6.45, 7) is 1.71. The molecule has 2 aromatic heterocycles. The van der Waals surface area contributed by atoms with Crippen molar-refractivity contribution in [3.8, 4) is 11.3 Å². The molecule has 118 valence electrons. The Morgan fingerprint density at radius 2 is 2.18 bits per heavy atom. The molecule has 0 bridgehead atoms. The summed E-state index contributed by atoms with van der Waals surface area (Å²) in [5, 5.41) is 6.33. The van der Waals surface area contributed by atoms with Crippen LogP contribution in [0.4, 0.5) is 19.1 Å². The summed E-state index contributed by atoms with van der Waals surface area (Å²) in [5.74, 6) is 0.220. The largest absolute Gasteiger partial charge is 0.419 e. The highest BCUT2D eigenvalue weighted by Gasteiger charge is 2.35. The van der Waals surface area contributed by atoms with Crippen molar-refractivity contribution in [3.05, 3.63) is 30.2 Å². The lowest BCUT2D eigenvalue weighted by Gasteiger charge is -2.24. The number of rotatable bonds is 3. The minimum absolute atomic E-state index is 0.116. The summed E-state index contributed by atoms with van der Waals surface area (Å²) in [5.41, 5.74) is -0.561. The van der Waals surface area contributed by atoms with E-state index >= 15 is 0 Å². The lowest BCUT2D eigenvalue weighted by molar-refractivity contribution is -0.137. The Kier molecular flexibility index (Phi) is 4.02. The number of H-pyrrole nitrogens is 1. The Balaban J connectivity index is 1.92. The van der Waals surface area contributed by atoms with Gasteiger partial charge in [-0.15, -0.1) is 0 Å². The second-order valence-corrected chi connectivity index (χ2v) is 5.24. The van der Waals surface area contributed by atoms with Gasteiger partial charge >= 0.3 is 6.18 Å². The van der Waals surface area contributed by atoms with Crippen molar-refractivity contribution in [2.75, 3.05) is 18.4 Å². The van der Waals surface area contributed by atoms with Gasteiger partial charge in [0.15, 0.2) is 0 Å². The number of piperidine rings is 1. The van der Waals surface area contributed by atoms with Crippen molar-refractivity contribution in [1.82, 2.24) is 20.3 Å². The smallest absolute Gasteiger partial charge is 0.367 e. The summed E-state index contributed by atoms with van der Waals surface area (Å²) in [4.78, 5) is 10.7. The average molecular weight is 311 g/mol. The quantitative estimate of drug-likeness (QED) is 0.815. The third-order valence-corrected chi connectivity index (χ3v) is 3.60. The highest BCUT2D eigenvalue weighted by atomic mass is 19.4. The van der Waals surface area contributed by atoms with Gasteiger partial charge in [-0.1, -0.05) is 0 Å². The number of nitrogens with one attached hydrogen (secondary N) is 3. The van der Waals surface area contributed by atoms with Gasteiger partial charge < -0.3 is 15.6 Å². The first kappa shape index (κ1) is 14.8. The number of halogens is 3. The number of nitrogens with zero attached hydrogens (tertiary/aromatic N) is 2. The Morgan fingerprint density at radius 3 is 2.82 bits per heavy atom. The van der Waals surface area contributed by atoms with Gasteiger partial charge in [-0.25, -0.2) is 9.97 Å². The van der Waals surface area contributed by atoms with E-state index in [-0.39, 0.29) is 17.7 Å². The van der Waals surface area contributed by atoms with Crippen molar-refractivity contribution in [3.63, 3.8) is 0 Å². The minimum Gasteiger partial charge on any atom is -0.367 e. The zero-order valence-corrected chi connectivity index (χ0v) is 11.7. The van der Waals surface area contributed by atoms with Crippen LogP contribution in [0.15, 0.2) is 24.7 Å². The number of anilines is 1. The third kappa shape index (κ3) is 3.22. The summed E-state index contributed by atoms with van der Waals surface area (Å²) in [7, 11) is 0. The normalized spacial score (nSPS) is 19.1. The standard InChI is InChI=1S/C14H16F3N5/c15-14(16,17)11-8-20-13(21-10-2-1-4-18-7-10)22-12(11)9-3-5-19-6-9/h3,5-6,8,10,18-19H,1-2,4,7H2,(H,20,21,22). The molecule has 0 spiro atoms. The molecule has 1 saturated heterocycles. The molecule has 1 atom stereocenters. The summed E-state index contributed by atoms with van der Waals surface area (Å²) >= 11 is 0. The maximum absolute atomic E-state index is 13.1. The molecule has 3 heterocycles. The zero-order chi connectivity index (χ0) is 15.6. The molecule has 3 N–H and O–H groups in total. The molecule has 3 rings (SSSR count). The van der Waals surface area contributed by atoms with Crippen LogP contribution in [0.5, 0.6) is 0 Å². The van der Waals surface area contributed by atoms with Gasteiger partial charge in [-0.3, -0.25) is 0 Å².